The van der Waals surface area contributed by atoms with Gasteiger partial charge in [0.2, 0.25) is 5.91 Å². The van der Waals surface area contributed by atoms with E-state index in [0.717, 1.165) is 19.5 Å². The zero-order valence-corrected chi connectivity index (χ0v) is 13.3. The Bertz CT molecular complexity index is 507. The van der Waals surface area contributed by atoms with Crippen LogP contribution < -0.4 is 10.9 Å². The van der Waals surface area contributed by atoms with Gasteiger partial charge in [0.25, 0.3) is 0 Å². The fraction of sp³-hybridized carbons (Fsp3) is 0.625. The highest BCUT2D eigenvalue weighted by Gasteiger charge is 2.42. The fourth-order valence-corrected chi connectivity index (χ4v) is 3.63. The predicted molar refractivity (Wildman–Crippen MR) is 84.8 cm³/mol. The Balaban J connectivity index is 1.71. The molecule has 2 aliphatic rings. The van der Waals surface area contributed by atoms with Crippen LogP contribution in [0.5, 0.6) is 0 Å². The molecule has 6 heteroatoms. The van der Waals surface area contributed by atoms with Crippen LogP contribution in [0.1, 0.15) is 18.4 Å². The number of nitrogens with one attached hydrogen (secondary N) is 2. The number of pyridine rings is 1. The first-order chi connectivity index (χ1) is 10.7. The van der Waals surface area contributed by atoms with Gasteiger partial charge in [-0.05, 0) is 31.0 Å². The van der Waals surface area contributed by atoms with Crippen molar-refractivity contribution in [3.8, 4) is 0 Å². The van der Waals surface area contributed by atoms with Gasteiger partial charge in [0.05, 0.1) is 5.92 Å². The van der Waals surface area contributed by atoms with Gasteiger partial charge in [-0.1, -0.05) is 6.07 Å². The number of hydrogen-bond donors (Lipinski definition) is 2. The number of amides is 1. The van der Waals surface area contributed by atoms with Crippen molar-refractivity contribution in [3.63, 3.8) is 0 Å². The lowest BCUT2D eigenvalue weighted by Gasteiger charge is -2.32. The van der Waals surface area contributed by atoms with Crippen molar-refractivity contribution in [1.82, 2.24) is 25.6 Å². The van der Waals surface area contributed by atoms with Crippen molar-refractivity contribution in [2.24, 2.45) is 5.92 Å². The summed E-state index contributed by atoms with van der Waals surface area (Å²) in [6, 6.07) is 4.66. The van der Waals surface area contributed by atoms with Gasteiger partial charge in [-0.3, -0.25) is 25.5 Å². The lowest BCUT2D eigenvalue weighted by Crippen LogP contribution is -2.51. The third-order valence-electron chi connectivity index (χ3n) is 4.72. The van der Waals surface area contributed by atoms with Crippen molar-refractivity contribution in [2.75, 3.05) is 27.2 Å². The quantitative estimate of drug-likeness (QED) is 0.834. The molecule has 0 radical (unpaired) electrons. The maximum atomic E-state index is 12.4. The molecule has 0 aromatic carbocycles. The minimum absolute atomic E-state index is 0.00879. The smallest absolute Gasteiger partial charge is 0.228 e. The summed E-state index contributed by atoms with van der Waals surface area (Å²) in [6.07, 6.45) is 6.06. The SMILES string of the molecule is CN(C)C(=O)C1CNNC1C1CCCN1Cc1cccnc1. The van der Waals surface area contributed by atoms with Gasteiger partial charge in [0.1, 0.15) is 0 Å². The van der Waals surface area contributed by atoms with Crippen LogP contribution in [0.25, 0.3) is 0 Å². The van der Waals surface area contributed by atoms with E-state index in [9.17, 15) is 4.79 Å². The molecule has 3 unspecified atom stereocenters. The minimum atomic E-state index is 0.00879. The van der Waals surface area contributed by atoms with Gasteiger partial charge < -0.3 is 4.90 Å². The van der Waals surface area contributed by atoms with E-state index in [1.54, 1.807) is 11.1 Å². The van der Waals surface area contributed by atoms with E-state index in [4.69, 9.17) is 0 Å². The molecule has 22 heavy (non-hydrogen) atoms. The lowest BCUT2D eigenvalue weighted by atomic mass is 9.92. The highest BCUT2D eigenvalue weighted by atomic mass is 16.2. The Morgan fingerprint density at radius 2 is 2.36 bits per heavy atom. The molecule has 0 spiro atoms. The molecule has 3 heterocycles. The van der Waals surface area contributed by atoms with E-state index in [1.165, 1.54) is 12.0 Å². The lowest BCUT2D eigenvalue weighted by molar-refractivity contribution is -0.133. The first-order valence-corrected chi connectivity index (χ1v) is 7.99. The molecule has 120 valence electrons. The summed E-state index contributed by atoms with van der Waals surface area (Å²) in [7, 11) is 3.67. The zero-order valence-electron chi connectivity index (χ0n) is 13.3. The van der Waals surface area contributed by atoms with E-state index in [1.807, 2.05) is 26.4 Å². The summed E-state index contributed by atoms with van der Waals surface area (Å²) in [5.74, 6) is 0.213. The van der Waals surface area contributed by atoms with E-state index in [2.05, 4.69) is 26.8 Å². The molecule has 0 saturated carbocycles. The van der Waals surface area contributed by atoms with E-state index >= 15 is 0 Å². The molecule has 2 fully saturated rings. The van der Waals surface area contributed by atoms with Gasteiger partial charge in [-0.15, -0.1) is 0 Å². The van der Waals surface area contributed by atoms with Crippen LogP contribution in [0.4, 0.5) is 0 Å². The number of rotatable bonds is 4. The summed E-state index contributed by atoms with van der Waals surface area (Å²) < 4.78 is 0. The zero-order chi connectivity index (χ0) is 15.5. The van der Waals surface area contributed by atoms with E-state index < -0.39 is 0 Å². The highest BCUT2D eigenvalue weighted by Crippen LogP contribution is 2.27. The van der Waals surface area contributed by atoms with Gasteiger partial charge in [0, 0.05) is 51.7 Å². The molecule has 2 aliphatic heterocycles. The number of carbonyl (C=O) groups excluding carboxylic acids is 1. The van der Waals surface area contributed by atoms with Gasteiger partial charge >= 0.3 is 0 Å². The highest BCUT2D eigenvalue weighted by molar-refractivity contribution is 5.79. The Kier molecular flexibility index (Phi) is 4.71. The van der Waals surface area contributed by atoms with Gasteiger partial charge in [-0.2, -0.15) is 0 Å². The van der Waals surface area contributed by atoms with Gasteiger partial charge in [0.15, 0.2) is 0 Å². The van der Waals surface area contributed by atoms with Crippen LogP contribution in [-0.4, -0.2) is 60.0 Å². The molecular weight excluding hydrogens is 278 g/mol. The molecule has 3 rings (SSSR count). The average molecular weight is 303 g/mol. The fourth-order valence-electron chi connectivity index (χ4n) is 3.63. The molecule has 0 bridgehead atoms. The molecule has 0 aliphatic carbocycles. The van der Waals surface area contributed by atoms with Crippen LogP contribution in [-0.2, 0) is 11.3 Å². The Labute approximate surface area is 131 Å². The van der Waals surface area contributed by atoms with Crippen molar-refractivity contribution in [3.05, 3.63) is 30.1 Å². The largest absolute Gasteiger partial charge is 0.348 e. The first kappa shape index (κ1) is 15.4. The van der Waals surface area contributed by atoms with Crippen LogP contribution in [0.3, 0.4) is 0 Å². The predicted octanol–water partition coefficient (Wildman–Crippen LogP) is 0.227. The first-order valence-electron chi connectivity index (χ1n) is 7.99. The number of carbonyl (C=O) groups is 1. The van der Waals surface area contributed by atoms with Crippen molar-refractivity contribution in [1.29, 1.82) is 0 Å². The number of likely N-dealkylation sites (tertiary alicyclic amines) is 1. The Morgan fingerprint density at radius 3 is 3.09 bits per heavy atom. The summed E-state index contributed by atoms with van der Waals surface area (Å²) in [6.45, 7) is 2.69. The molecule has 2 saturated heterocycles. The van der Waals surface area contributed by atoms with Crippen molar-refractivity contribution < 1.29 is 4.79 Å². The molecule has 2 N–H and O–H groups in total. The summed E-state index contributed by atoms with van der Waals surface area (Å²) in [5, 5.41) is 0. The van der Waals surface area contributed by atoms with Crippen LogP contribution in [0.2, 0.25) is 0 Å². The molecule has 1 aromatic heterocycles. The minimum Gasteiger partial charge on any atom is -0.348 e. The molecule has 1 amide bonds. The van der Waals surface area contributed by atoms with Crippen molar-refractivity contribution in [2.45, 2.75) is 31.5 Å². The third-order valence-corrected chi connectivity index (χ3v) is 4.72. The Hall–Kier alpha value is -1.50. The second kappa shape index (κ2) is 6.73. The average Bonchev–Trinajstić information content (AvgIpc) is 3.15. The maximum Gasteiger partial charge on any atom is 0.228 e. The Morgan fingerprint density at radius 1 is 1.50 bits per heavy atom. The second-order valence-electron chi connectivity index (χ2n) is 6.43. The summed E-state index contributed by atoms with van der Waals surface area (Å²) in [5.41, 5.74) is 7.76. The second-order valence-corrected chi connectivity index (χ2v) is 6.43. The number of aromatic nitrogens is 1. The third kappa shape index (κ3) is 3.14. The normalized spacial score (nSPS) is 28.9. The van der Waals surface area contributed by atoms with Crippen LogP contribution in [0.15, 0.2) is 24.5 Å². The molecule has 3 atom stereocenters. The van der Waals surface area contributed by atoms with E-state index in [-0.39, 0.29) is 17.9 Å². The number of hydrogen-bond acceptors (Lipinski definition) is 5. The van der Waals surface area contributed by atoms with Gasteiger partial charge in [-0.25, -0.2) is 0 Å². The maximum absolute atomic E-state index is 12.4. The number of nitrogens with zero attached hydrogens (tertiary/aromatic N) is 3. The molecular formula is C16H25N5O. The standard InChI is InChI=1S/C16H25N5O/c1-20(2)16(22)13-10-18-19-15(13)14-6-4-8-21(14)11-12-5-3-7-17-9-12/h3,5,7,9,13-15,18-19H,4,6,8,10-11H2,1-2H3. The summed E-state index contributed by atoms with van der Waals surface area (Å²) in [4.78, 5) is 20.8. The molecule has 6 nitrogen and oxygen atoms in total. The van der Waals surface area contributed by atoms with Crippen LogP contribution in [0, 0.1) is 5.92 Å². The van der Waals surface area contributed by atoms with Crippen molar-refractivity contribution >= 4 is 5.91 Å². The van der Waals surface area contributed by atoms with E-state index in [0.29, 0.717) is 12.6 Å². The van der Waals surface area contributed by atoms with Crippen LogP contribution >= 0.6 is 0 Å². The number of hydrazine groups is 1. The topological polar surface area (TPSA) is 60.5 Å². The molecule has 1 aromatic rings. The summed E-state index contributed by atoms with van der Waals surface area (Å²) >= 11 is 0. The monoisotopic (exact) mass is 303 g/mol.